The SMILES string of the molecule is O=C(O)CC[C@H](NC(=O)N[C@@H](CCCCNC(=O)c1ccc([At])cc1)C(=O)O)C(=O)O. The fourth-order valence-corrected chi connectivity index (χ4v) is 3.01. The molecule has 1 aromatic rings. The monoisotopic (exact) mass is 632 g/mol. The smallest absolute Gasteiger partial charge is 0.480 e. The molecule has 2 atom stereocenters. The molecule has 0 fully saturated rings. The third-order valence-electron chi connectivity index (χ3n) is 4.17. The van der Waals surface area contributed by atoms with Gasteiger partial charge in [-0.05, 0) is 6.42 Å². The fourth-order valence-electron chi connectivity index (χ4n) is 2.52. The summed E-state index contributed by atoms with van der Waals surface area (Å²) in [4.78, 5) is 56.9. The second-order valence-corrected chi connectivity index (χ2v) is 8.29. The summed E-state index contributed by atoms with van der Waals surface area (Å²) < 4.78 is 1.09. The zero-order valence-electron chi connectivity index (χ0n) is 16.5. The topological polar surface area (TPSA) is 182 Å². The van der Waals surface area contributed by atoms with Crippen LogP contribution >= 0.6 is 0 Å². The minimum atomic E-state index is -1.46. The molecule has 0 saturated heterocycles. The number of unbranched alkanes of at least 4 members (excludes halogenated alkanes) is 1. The number of rotatable bonds is 13. The van der Waals surface area contributed by atoms with Crippen LogP contribution in [0.1, 0.15) is 42.5 Å². The number of amides is 3. The second-order valence-electron chi connectivity index (χ2n) is 6.59. The molecule has 0 bridgehead atoms. The van der Waals surface area contributed by atoms with Gasteiger partial charge in [-0.25, -0.2) is 14.4 Å². The van der Waals surface area contributed by atoms with Gasteiger partial charge in [-0.3, -0.25) is 4.79 Å². The van der Waals surface area contributed by atoms with Crippen LogP contribution in [0.2, 0.25) is 0 Å². The van der Waals surface area contributed by atoms with Gasteiger partial charge in [0, 0.05) is 6.42 Å². The Labute approximate surface area is 193 Å². The quantitative estimate of drug-likeness (QED) is 0.162. The van der Waals surface area contributed by atoms with E-state index in [1.165, 1.54) is 24.7 Å². The van der Waals surface area contributed by atoms with E-state index in [0.29, 0.717) is 24.9 Å². The van der Waals surface area contributed by atoms with Gasteiger partial charge in [0.1, 0.15) is 6.04 Å². The van der Waals surface area contributed by atoms with E-state index in [4.69, 9.17) is 10.2 Å². The predicted octanol–water partition coefficient (Wildman–Crippen LogP) is -0.168. The van der Waals surface area contributed by atoms with Gasteiger partial charge in [0.25, 0.3) is 0 Å². The van der Waals surface area contributed by atoms with Crippen LogP contribution in [0.15, 0.2) is 24.3 Å². The Bertz CT molecular complexity index is 800. The summed E-state index contributed by atoms with van der Waals surface area (Å²) in [5.74, 6) is -4.17. The zero-order chi connectivity index (χ0) is 23.4. The third kappa shape index (κ3) is 10.7. The van der Waals surface area contributed by atoms with Gasteiger partial charge in [0.05, 0.1) is 0 Å². The molecule has 0 spiro atoms. The number of hydrogen-bond acceptors (Lipinski definition) is 5. The number of carbonyl (C=O) groups is 5. The van der Waals surface area contributed by atoms with Crippen molar-refractivity contribution in [3.8, 4) is 0 Å². The first-order valence-corrected chi connectivity index (χ1v) is 10.8. The summed E-state index contributed by atoms with van der Waals surface area (Å²) in [5.41, 5.74) is 0.526. The standard InChI is InChI=1S/C19H24AtN3O8/c20-12-6-4-11(5-7-12)16(26)21-10-2-1-3-13(17(27)28)22-19(31)23-14(18(29)30)8-9-15(24)25/h4-7,13-14H,1-3,8-10H2,(H,21,26)(H,24,25)(H,27,28)(H,29,30)(H2,22,23,31)/t13-,14-/m0/s1. The number of carboxylic acid groups (broad SMARTS) is 3. The number of carboxylic acids is 3. The molecule has 31 heavy (non-hydrogen) atoms. The van der Waals surface area contributed by atoms with Crippen LogP contribution in [0, 0.1) is 24.7 Å². The summed E-state index contributed by atoms with van der Waals surface area (Å²) in [6.45, 7) is 0.324. The van der Waals surface area contributed by atoms with E-state index in [-0.39, 0.29) is 18.7 Å². The summed E-state index contributed by atoms with van der Waals surface area (Å²) in [6, 6.07) is 3.39. The van der Waals surface area contributed by atoms with Gasteiger partial charge in [0.15, 0.2) is 0 Å². The molecule has 0 saturated carbocycles. The van der Waals surface area contributed by atoms with E-state index in [1.54, 1.807) is 12.1 Å². The van der Waals surface area contributed by atoms with Crippen molar-refractivity contribution in [3.63, 3.8) is 0 Å². The molecule has 170 valence electrons. The predicted molar refractivity (Wildman–Crippen MR) is 104 cm³/mol. The number of carbonyl (C=O) groups excluding carboxylic acids is 2. The minimum absolute atomic E-state index is 0.0673. The number of aliphatic carboxylic acids is 3. The second kappa shape index (κ2) is 13.5. The van der Waals surface area contributed by atoms with Crippen molar-refractivity contribution in [2.24, 2.45) is 0 Å². The molecule has 0 aliphatic heterocycles. The van der Waals surface area contributed by atoms with Gasteiger partial charge in [-0.2, -0.15) is 0 Å². The molecule has 1 aromatic carbocycles. The summed E-state index contributed by atoms with van der Waals surface area (Å²) in [6.07, 6.45) is 0.128. The maximum atomic E-state index is 12.0. The van der Waals surface area contributed by atoms with E-state index < -0.39 is 42.4 Å². The number of hydrogen-bond donors (Lipinski definition) is 6. The van der Waals surface area contributed by atoms with E-state index in [1.807, 2.05) is 12.1 Å². The van der Waals surface area contributed by atoms with Crippen LogP contribution in [0.5, 0.6) is 0 Å². The van der Waals surface area contributed by atoms with Crippen molar-refractivity contribution in [1.29, 1.82) is 0 Å². The Morgan fingerprint density at radius 1 is 0.839 bits per heavy atom. The molecule has 11 nitrogen and oxygen atoms in total. The average molecular weight is 632 g/mol. The third-order valence-corrected chi connectivity index (χ3v) is 5.14. The number of benzene rings is 1. The number of nitrogens with one attached hydrogen (secondary N) is 3. The first kappa shape index (κ1) is 26.3. The molecule has 0 aliphatic rings. The van der Waals surface area contributed by atoms with Crippen LogP contribution in [-0.2, 0) is 14.4 Å². The molecule has 3 amide bonds. The van der Waals surface area contributed by atoms with Crippen LogP contribution in [0.25, 0.3) is 0 Å². The van der Waals surface area contributed by atoms with Gasteiger partial charge in [-0.1, -0.05) is 0 Å². The maximum absolute atomic E-state index is 12.0. The number of urea groups is 1. The summed E-state index contributed by atoms with van der Waals surface area (Å²) >= 11 is 1.50. The molecule has 0 radical (unpaired) electrons. The van der Waals surface area contributed by atoms with Gasteiger partial charge < -0.3 is 20.6 Å². The normalized spacial score (nSPS) is 12.3. The zero-order valence-corrected chi connectivity index (χ0v) is 19.4. The molecule has 0 heterocycles. The molecular weight excluding hydrogens is 608 g/mol. The van der Waals surface area contributed by atoms with Gasteiger partial charge in [0.2, 0.25) is 0 Å². The molecule has 0 aliphatic carbocycles. The molecular formula is C19H24AtN3O8. The minimum Gasteiger partial charge on any atom is -0.480 e. The van der Waals surface area contributed by atoms with E-state index >= 15 is 0 Å². The fraction of sp³-hybridized carbons (Fsp3) is 0.421. The molecule has 12 heteroatoms. The Morgan fingerprint density at radius 3 is 1.90 bits per heavy atom. The first-order valence-electron chi connectivity index (χ1n) is 9.38. The molecule has 1 rings (SSSR count). The summed E-state index contributed by atoms with van der Waals surface area (Å²) in [7, 11) is 0. The van der Waals surface area contributed by atoms with Crippen LogP contribution < -0.4 is 19.2 Å². The van der Waals surface area contributed by atoms with Crippen molar-refractivity contribution in [2.45, 2.75) is 44.2 Å². The van der Waals surface area contributed by atoms with Gasteiger partial charge >= 0.3 is 135 Å². The molecule has 6 N–H and O–H groups in total. The van der Waals surface area contributed by atoms with Crippen molar-refractivity contribution < 1.29 is 64.0 Å². The van der Waals surface area contributed by atoms with Crippen molar-refractivity contribution in [2.75, 3.05) is 6.54 Å². The summed E-state index contributed by atoms with van der Waals surface area (Å²) in [5, 5.41) is 33.9. The van der Waals surface area contributed by atoms with E-state index in [0.717, 1.165) is 3.27 Å². The van der Waals surface area contributed by atoms with Crippen molar-refractivity contribution in [3.05, 3.63) is 29.8 Å². The van der Waals surface area contributed by atoms with Crippen LogP contribution in [-0.4, -0.2) is 63.8 Å². The average Bonchev–Trinajstić information content (AvgIpc) is 2.69. The van der Waals surface area contributed by atoms with Crippen molar-refractivity contribution in [1.82, 2.24) is 16.0 Å². The Hall–Kier alpha value is -2.75. The first-order chi connectivity index (χ1) is 14.6. The molecule has 0 unspecified atom stereocenters. The van der Waals surface area contributed by atoms with E-state index in [2.05, 4.69) is 16.0 Å². The van der Waals surface area contributed by atoms with Crippen LogP contribution in [0.3, 0.4) is 0 Å². The Kier molecular flexibility index (Phi) is 11.5. The van der Waals surface area contributed by atoms with Crippen molar-refractivity contribution >= 4 is 33.1 Å². The molecule has 0 aromatic heterocycles. The Morgan fingerprint density at radius 2 is 1.39 bits per heavy atom. The van der Waals surface area contributed by atoms with Gasteiger partial charge in [-0.15, -0.1) is 0 Å². The van der Waals surface area contributed by atoms with E-state index in [9.17, 15) is 29.1 Å². The Balaban J connectivity index is 2.41. The van der Waals surface area contributed by atoms with Crippen LogP contribution in [0.4, 0.5) is 4.79 Å².